The van der Waals surface area contributed by atoms with Gasteiger partial charge in [0.1, 0.15) is 18.2 Å². The molecule has 0 saturated carbocycles. The van der Waals surface area contributed by atoms with Crippen LogP contribution in [-0.2, 0) is 17.9 Å². The fourth-order valence-electron chi connectivity index (χ4n) is 4.40. The zero-order valence-corrected chi connectivity index (χ0v) is 18.9. The van der Waals surface area contributed by atoms with Gasteiger partial charge in [-0.05, 0) is 79.4 Å². The summed E-state index contributed by atoms with van der Waals surface area (Å²) < 4.78 is 19.1. The number of ether oxygens (including phenoxy) is 1. The number of carbonyl (C=O) groups is 1. The van der Waals surface area contributed by atoms with Crippen LogP contribution >= 0.6 is 0 Å². The molecule has 3 aromatic rings. The van der Waals surface area contributed by atoms with Gasteiger partial charge in [-0.25, -0.2) is 4.39 Å². The third kappa shape index (κ3) is 6.62. The number of likely N-dealkylation sites (tertiary alicyclic amines) is 1. The number of pyridine rings is 1. The summed E-state index contributed by atoms with van der Waals surface area (Å²) in [6.45, 7) is 4.75. The molecule has 172 valence electrons. The van der Waals surface area contributed by atoms with Crippen molar-refractivity contribution in [3.63, 3.8) is 0 Å². The van der Waals surface area contributed by atoms with Gasteiger partial charge in [-0.1, -0.05) is 30.3 Å². The SMILES string of the molecule is CC(=O)N[C@H](c1ccccn1)C1CCN(Cc2ccc(OCc3cccc(F)c3)cc2)CC1. The maximum atomic E-state index is 13.3. The number of carbonyl (C=O) groups excluding carboxylic acids is 1. The number of nitrogens with zero attached hydrogens (tertiary/aromatic N) is 2. The molecule has 1 aliphatic heterocycles. The second-order valence-electron chi connectivity index (χ2n) is 8.61. The normalized spacial score (nSPS) is 15.7. The van der Waals surface area contributed by atoms with Crippen molar-refractivity contribution in [3.8, 4) is 5.75 Å². The van der Waals surface area contributed by atoms with Crippen LogP contribution < -0.4 is 10.1 Å². The Balaban J connectivity index is 1.28. The van der Waals surface area contributed by atoms with E-state index in [1.54, 1.807) is 19.2 Å². The smallest absolute Gasteiger partial charge is 0.217 e. The third-order valence-electron chi connectivity index (χ3n) is 6.09. The number of hydrogen-bond acceptors (Lipinski definition) is 4. The minimum atomic E-state index is -0.251. The van der Waals surface area contributed by atoms with Crippen LogP contribution in [0.2, 0.25) is 0 Å². The van der Waals surface area contributed by atoms with Crippen molar-refractivity contribution in [2.45, 2.75) is 39.0 Å². The highest BCUT2D eigenvalue weighted by molar-refractivity contribution is 5.73. The Labute approximate surface area is 194 Å². The highest BCUT2D eigenvalue weighted by atomic mass is 19.1. The van der Waals surface area contributed by atoms with E-state index in [0.717, 1.165) is 49.5 Å². The van der Waals surface area contributed by atoms with E-state index in [4.69, 9.17) is 4.74 Å². The standard InChI is InChI=1S/C27H30FN3O2/c1-20(32)30-27(26-7-2-3-14-29-26)23-12-15-31(16-13-23)18-21-8-10-25(11-9-21)33-19-22-5-4-6-24(28)17-22/h2-11,14,17,23,27H,12-13,15-16,18-19H2,1H3,(H,30,32)/t27-/m0/s1. The number of halogens is 1. The van der Waals surface area contributed by atoms with Gasteiger partial charge in [0.25, 0.3) is 0 Å². The number of benzene rings is 2. The molecule has 0 aliphatic carbocycles. The minimum Gasteiger partial charge on any atom is -0.489 e. The Morgan fingerprint density at radius 2 is 1.88 bits per heavy atom. The minimum absolute atomic E-state index is 0.0206. The maximum absolute atomic E-state index is 13.3. The van der Waals surface area contributed by atoms with Gasteiger partial charge in [0.15, 0.2) is 0 Å². The summed E-state index contributed by atoms with van der Waals surface area (Å²) in [5, 5.41) is 3.11. The lowest BCUT2D eigenvalue weighted by atomic mass is 9.87. The summed E-state index contributed by atoms with van der Waals surface area (Å²) in [6.07, 6.45) is 3.80. The second kappa shape index (κ2) is 11.1. The molecule has 1 atom stereocenters. The monoisotopic (exact) mass is 447 g/mol. The molecule has 1 aromatic heterocycles. The molecule has 33 heavy (non-hydrogen) atoms. The predicted molar refractivity (Wildman–Crippen MR) is 126 cm³/mol. The number of nitrogens with one attached hydrogen (secondary N) is 1. The van der Waals surface area contributed by atoms with Crippen molar-refractivity contribution >= 4 is 5.91 Å². The van der Waals surface area contributed by atoms with Crippen LogP contribution in [0.25, 0.3) is 0 Å². The Bertz CT molecular complexity index is 1030. The molecule has 2 heterocycles. The maximum Gasteiger partial charge on any atom is 0.217 e. The van der Waals surface area contributed by atoms with E-state index in [0.29, 0.717) is 12.5 Å². The van der Waals surface area contributed by atoms with E-state index in [9.17, 15) is 9.18 Å². The van der Waals surface area contributed by atoms with Crippen LogP contribution in [0.3, 0.4) is 0 Å². The highest BCUT2D eigenvalue weighted by Gasteiger charge is 2.29. The molecule has 6 heteroatoms. The third-order valence-corrected chi connectivity index (χ3v) is 6.09. The summed E-state index contributed by atoms with van der Waals surface area (Å²) in [4.78, 5) is 18.7. The molecule has 4 rings (SSSR count). The first-order valence-electron chi connectivity index (χ1n) is 11.4. The highest BCUT2D eigenvalue weighted by Crippen LogP contribution is 2.30. The zero-order chi connectivity index (χ0) is 23.0. The fourth-order valence-corrected chi connectivity index (χ4v) is 4.40. The summed E-state index contributed by atoms with van der Waals surface area (Å²) in [6, 6.07) is 20.4. The Hall–Kier alpha value is -3.25. The van der Waals surface area contributed by atoms with Crippen LogP contribution in [0.1, 0.15) is 42.6 Å². The molecule has 0 radical (unpaired) electrons. The lowest BCUT2D eigenvalue weighted by Crippen LogP contribution is -2.40. The molecule has 0 spiro atoms. The summed E-state index contributed by atoms with van der Waals surface area (Å²) in [5.74, 6) is 0.875. The number of amides is 1. The molecule has 2 aromatic carbocycles. The van der Waals surface area contributed by atoms with E-state index in [1.165, 1.54) is 17.7 Å². The molecule has 1 fully saturated rings. The first kappa shape index (κ1) is 22.9. The van der Waals surface area contributed by atoms with Gasteiger partial charge in [0.2, 0.25) is 5.91 Å². The summed E-state index contributed by atoms with van der Waals surface area (Å²) >= 11 is 0. The van der Waals surface area contributed by atoms with Gasteiger partial charge in [0.05, 0.1) is 11.7 Å². The molecule has 1 saturated heterocycles. The predicted octanol–water partition coefficient (Wildman–Crippen LogP) is 4.89. The van der Waals surface area contributed by atoms with E-state index in [1.807, 2.05) is 36.4 Å². The Morgan fingerprint density at radius 1 is 1.09 bits per heavy atom. The number of hydrogen-bond donors (Lipinski definition) is 1. The average molecular weight is 448 g/mol. The quantitative estimate of drug-likeness (QED) is 0.534. The van der Waals surface area contributed by atoms with Gasteiger partial charge in [0, 0.05) is 19.7 Å². The summed E-state index contributed by atoms with van der Waals surface area (Å²) in [7, 11) is 0. The van der Waals surface area contributed by atoms with E-state index in [-0.39, 0.29) is 17.8 Å². The molecule has 1 aliphatic rings. The number of aromatic nitrogens is 1. The van der Waals surface area contributed by atoms with Crippen LogP contribution in [0, 0.1) is 11.7 Å². The lowest BCUT2D eigenvalue weighted by molar-refractivity contribution is -0.120. The first-order valence-corrected chi connectivity index (χ1v) is 11.4. The lowest BCUT2D eigenvalue weighted by Gasteiger charge is -2.36. The Morgan fingerprint density at radius 3 is 2.55 bits per heavy atom. The van der Waals surface area contributed by atoms with Crippen molar-refractivity contribution in [2.24, 2.45) is 5.92 Å². The zero-order valence-electron chi connectivity index (χ0n) is 18.9. The van der Waals surface area contributed by atoms with Gasteiger partial charge in [-0.15, -0.1) is 0 Å². The fraction of sp³-hybridized carbons (Fsp3) is 0.333. The van der Waals surface area contributed by atoms with Crippen LogP contribution in [0.4, 0.5) is 4.39 Å². The Kier molecular flexibility index (Phi) is 7.68. The van der Waals surface area contributed by atoms with Crippen molar-refractivity contribution in [3.05, 3.63) is 95.6 Å². The molecule has 1 N–H and O–H groups in total. The van der Waals surface area contributed by atoms with Gasteiger partial charge in [-0.3, -0.25) is 14.7 Å². The number of rotatable bonds is 8. The molecule has 1 amide bonds. The van der Waals surface area contributed by atoms with E-state index in [2.05, 4.69) is 27.3 Å². The molecule has 5 nitrogen and oxygen atoms in total. The van der Waals surface area contributed by atoms with Crippen LogP contribution in [0.5, 0.6) is 5.75 Å². The van der Waals surface area contributed by atoms with Crippen molar-refractivity contribution < 1.29 is 13.9 Å². The van der Waals surface area contributed by atoms with Crippen LogP contribution in [0.15, 0.2) is 72.9 Å². The molecular formula is C27H30FN3O2. The summed E-state index contributed by atoms with van der Waals surface area (Å²) in [5.41, 5.74) is 2.97. The second-order valence-corrected chi connectivity index (χ2v) is 8.61. The van der Waals surface area contributed by atoms with Gasteiger partial charge >= 0.3 is 0 Å². The first-order chi connectivity index (χ1) is 16.1. The van der Waals surface area contributed by atoms with Crippen molar-refractivity contribution in [1.29, 1.82) is 0 Å². The topological polar surface area (TPSA) is 54.5 Å². The van der Waals surface area contributed by atoms with Gasteiger partial charge < -0.3 is 10.1 Å². The average Bonchev–Trinajstić information content (AvgIpc) is 2.83. The van der Waals surface area contributed by atoms with Crippen molar-refractivity contribution in [2.75, 3.05) is 13.1 Å². The largest absolute Gasteiger partial charge is 0.489 e. The molecule has 0 bridgehead atoms. The van der Waals surface area contributed by atoms with Gasteiger partial charge in [-0.2, -0.15) is 0 Å². The molecule has 0 unspecified atom stereocenters. The van der Waals surface area contributed by atoms with E-state index >= 15 is 0 Å². The molecular weight excluding hydrogens is 417 g/mol. The van der Waals surface area contributed by atoms with Crippen LogP contribution in [-0.4, -0.2) is 28.9 Å². The number of piperidine rings is 1. The van der Waals surface area contributed by atoms with E-state index < -0.39 is 0 Å². The van der Waals surface area contributed by atoms with Crippen molar-refractivity contribution in [1.82, 2.24) is 15.2 Å².